The highest BCUT2D eigenvalue weighted by Gasteiger charge is 2.26. The van der Waals surface area contributed by atoms with Crippen molar-refractivity contribution in [1.29, 1.82) is 0 Å². The van der Waals surface area contributed by atoms with Crippen molar-refractivity contribution in [1.82, 2.24) is 4.90 Å². The molecular weight excluding hydrogens is 504 g/mol. The summed E-state index contributed by atoms with van der Waals surface area (Å²) in [4.78, 5) is 34.2. The Labute approximate surface area is 226 Å². The van der Waals surface area contributed by atoms with E-state index in [0.29, 0.717) is 17.9 Å². The molecule has 0 unspecified atom stereocenters. The highest BCUT2D eigenvalue weighted by atomic mass is 32.1. The van der Waals surface area contributed by atoms with E-state index in [9.17, 15) is 9.59 Å². The quantitative estimate of drug-likeness (QED) is 0.314. The van der Waals surface area contributed by atoms with E-state index in [0.717, 1.165) is 54.2 Å². The SMILES string of the molecule is CON=C(C(=O)Nc1cc(C(C)(C)C)sc1C(N)=O)c1ccc(OCCN2CCOCC2)c2ccccc12. The number of thiophene rings is 1. The third kappa shape index (κ3) is 6.32. The van der Waals surface area contributed by atoms with Gasteiger partial charge >= 0.3 is 0 Å². The Morgan fingerprint density at radius 2 is 1.84 bits per heavy atom. The number of morpholine rings is 1. The average Bonchev–Trinajstić information content (AvgIpc) is 3.33. The lowest BCUT2D eigenvalue weighted by Crippen LogP contribution is -2.38. The van der Waals surface area contributed by atoms with Crippen molar-refractivity contribution in [2.24, 2.45) is 10.9 Å². The summed E-state index contributed by atoms with van der Waals surface area (Å²) in [5.74, 6) is -0.396. The largest absolute Gasteiger partial charge is 0.492 e. The summed E-state index contributed by atoms with van der Waals surface area (Å²) in [5.41, 5.74) is 6.40. The first-order valence-electron chi connectivity index (χ1n) is 12.5. The van der Waals surface area contributed by atoms with Crippen molar-refractivity contribution in [3.8, 4) is 5.75 Å². The minimum absolute atomic E-state index is 0.0718. The van der Waals surface area contributed by atoms with E-state index in [4.69, 9.17) is 20.0 Å². The Hall–Kier alpha value is -3.47. The average molecular weight is 539 g/mol. The third-order valence-corrected chi connectivity index (χ3v) is 7.82. The topological polar surface area (TPSA) is 115 Å². The molecule has 1 saturated heterocycles. The maximum Gasteiger partial charge on any atom is 0.278 e. The van der Waals surface area contributed by atoms with Gasteiger partial charge in [-0.25, -0.2) is 0 Å². The van der Waals surface area contributed by atoms with Gasteiger partial charge in [0.05, 0.1) is 18.9 Å². The van der Waals surface area contributed by atoms with Crippen LogP contribution in [-0.4, -0.2) is 69.0 Å². The van der Waals surface area contributed by atoms with Crippen molar-refractivity contribution in [2.45, 2.75) is 26.2 Å². The normalized spacial score (nSPS) is 14.9. The van der Waals surface area contributed by atoms with E-state index in [2.05, 4.69) is 15.4 Å². The molecule has 1 aliphatic rings. The number of nitrogens with two attached hydrogens (primary N) is 1. The van der Waals surface area contributed by atoms with Gasteiger partial charge in [0.25, 0.3) is 11.8 Å². The maximum absolute atomic E-state index is 13.5. The number of benzene rings is 2. The monoisotopic (exact) mass is 538 g/mol. The first-order chi connectivity index (χ1) is 18.2. The fourth-order valence-corrected chi connectivity index (χ4v) is 5.26. The van der Waals surface area contributed by atoms with E-state index >= 15 is 0 Å². The minimum atomic E-state index is -0.602. The zero-order valence-electron chi connectivity index (χ0n) is 22.2. The summed E-state index contributed by atoms with van der Waals surface area (Å²) in [6, 6.07) is 13.1. The summed E-state index contributed by atoms with van der Waals surface area (Å²) in [6.45, 7) is 10.7. The van der Waals surface area contributed by atoms with Gasteiger partial charge in [0.15, 0.2) is 5.71 Å². The molecule has 1 fully saturated rings. The van der Waals surface area contributed by atoms with Gasteiger partial charge in [0.1, 0.15) is 24.3 Å². The smallest absolute Gasteiger partial charge is 0.278 e. The van der Waals surface area contributed by atoms with E-state index < -0.39 is 11.8 Å². The van der Waals surface area contributed by atoms with Crippen LogP contribution in [0.25, 0.3) is 10.8 Å². The minimum Gasteiger partial charge on any atom is -0.492 e. The number of amides is 2. The second-order valence-corrected chi connectivity index (χ2v) is 11.1. The van der Waals surface area contributed by atoms with E-state index in [1.54, 1.807) is 12.1 Å². The van der Waals surface area contributed by atoms with Gasteiger partial charge in [-0.2, -0.15) is 0 Å². The molecule has 4 rings (SSSR count). The van der Waals surface area contributed by atoms with Crippen LogP contribution < -0.4 is 15.8 Å². The van der Waals surface area contributed by atoms with Gasteiger partial charge < -0.3 is 25.4 Å². The zero-order valence-corrected chi connectivity index (χ0v) is 23.0. The van der Waals surface area contributed by atoms with Crippen LogP contribution in [0.2, 0.25) is 0 Å². The number of carbonyl (C=O) groups is 2. The van der Waals surface area contributed by atoms with Gasteiger partial charge in [-0.05, 0) is 29.0 Å². The number of anilines is 1. The van der Waals surface area contributed by atoms with Crippen LogP contribution in [0.3, 0.4) is 0 Å². The van der Waals surface area contributed by atoms with Crippen LogP contribution in [0.5, 0.6) is 5.75 Å². The van der Waals surface area contributed by atoms with Gasteiger partial charge in [-0.3, -0.25) is 14.5 Å². The van der Waals surface area contributed by atoms with Crippen LogP contribution in [-0.2, 0) is 19.8 Å². The molecule has 3 aromatic rings. The van der Waals surface area contributed by atoms with Gasteiger partial charge in [0, 0.05) is 35.5 Å². The zero-order chi connectivity index (χ0) is 27.3. The van der Waals surface area contributed by atoms with Gasteiger partial charge in [0.2, 0.25) is 0 Å². The molecule has 1 aliphatic heterocycles. The highest BCUT2D eigenvalue weighted by Crippen LogP contribution is 2.36. The summed E-state index contributed by atoms with van der Waals surface area (Å²) >= 11 is 1.27. The summed E-state index contributed by atoms with van der Waals surface area (Å²) in [6.07, 6.45) is 0. The second kappa shape index (κ2) is 11.9. The summed E-state index contributed by atoms with van der Waals surface area (Å²) in [7, 11) is 1.38. The third-order valence-electron chi connectivity index (χ3n) is 6.25. The molecule has 0 aliphatic carbocycles. The van der Waals surface area contributed by atoms with Crippen LogP contribution in [0.4, 0.5) is 5.69 Å². The first-order valence-corrected chi connectivity index (χ1v) is 13.3. The van der Waals surface area contributed by atoms with E-state index in [-0.39, 0.29) is 16.0 Å². The molecule has 10 heteroatoms. The van der Waals surface area contributed by atoms with Gasteiger partial charge in [-0.1, -0.05) is 50.2 Å². The van der Waals surface area contributed by atoms with Crippen molar-refractivity contribution in [3.05, 3.63) is 57.8 Å². The van der Waals surface area contributed by atoms with Crippen LogP contribution >= 0.6 is 11.3 Å². The molecule has 0 spiro atoms. The molecule has 3 N–H and O–H groups in total. The molecule has 2 amide bonds. The molecule has 0 saturated carbocycles. The number of rotatable bonds is 9. The van der Waals surface area contributed by atoms with Crippen LogP contribution in [0, 0.1) is 0 Å². The summed E-state index contributed by atoms with van der Waals surface area (Å²) in [5, 5.41) is 8.53. The molecule has 202 valence electrons. The first kappa shape index (κ1) is 27.6. The van der Waals surface area contributed by atoms with Crippen LogP contribution in [0.15, 0.2) is 47.6 Å². The molecule has 0 bridgehead atoms. The molecule has 2 aromatic carbocycles. The van der Waals surface area contributed by atoms with Gasteiger partial charge in [-0.15, -0.1) is 11.3 Å². The van der Waals surface area contributed by atoms with E-state index in [1.165, 1.54) is 18.4 Å². The number of carbonyl (C=O) groups excluding carboxylic acids is 2. The molecule has 9 nitrogen and oxygen atoms in total. The van der Waals surface area contributed by atoms with Crippen molar-refractivity contribution in [3.63, 3.8) is 0 Å². The number of nitrogens with one attached hydrogen (secondary N) is 1. The molecular formula is C28H34N4O5S. The number of ether oxygens (including phenoxy) is 2. The second-order valence-electron chi connectivity index (χ2n) is 10.0. The molecule has 38 heavy (non-hydrogen) atoms. The predicted molar refractivity (Wildman–Crippen MR) is 150 cm³/mol. The van der Waals surface area contributed by atoms with Crippen molar-refractivity contribution in [2.75, 3.05) is 51.9 Å². The Morgan fingerprint density at radius 3 is 2.50 bits per heavy atom. The fourth-order valence-electron chi connectivity index (χ4n) is 4.24. The Kier molecular flexibility index (Phi) is 8.65. The lowest BCUT2D eigenvalue weighted by Gasteiger charge is -2.26. The number of primary amides is 1. The van der Waals surface area contributed by atoms with Crippen LogP contribution in [0.1, 0.15) is 40.9 Å². The number of oxime groups is 1. The Balaban J connectivity index is 1.61. The lowest BCUT2D eigenvalue weighted by molar-refractivity contribution is -0.110. The highest BCUT2D eigenvalue weighted by molar-refractivity contribution is 7.14. The molecule has 0 radical (unpaired) electrons. The fraction of sp³-hybridized carbons (Fsp3) is 0.393. The predicted octanol–water partition coefficient (Wildman–Crippen LogP) is 4.00. The molecule has 2 heterocycles. The Bertz CT molecular complexity index is 1340. The summed E-state index contributed by atoms with van der Waals surface area (Å²) < 4.78 is 11.6. The Morgan fingerprint density at radius 1 is 1.13 bits per heavy atom. The van der Waals surface area contributed by atoms with E-state index in [1.807, 2.05) is 51.1 Å². The number of hydrogen-bond acceptors (Lipinski definition) is 8. The standard InChI is InChI=1S/C28H34N4O5S/c1-28(2,3)23-17-21(25(38-23)26(29)33)30-27(34)24(31-35-4)20-9-10-22(19-8-6-5-7-18(19)20)37-16-13-32-11-14-36-15-12-32/h5-10,17H,11-16H2,1-4H3,(H2,29,33)(H,30,34). The number of fused-ring (bicyclic) bond motifs is 1. The lowest BCUT2D eigenvalue weighted by atomic mass is 9.94. The number of hydrogen-bond donors (Lipinski definition) is 2. The number of nitrogens with zero attached hydrogens (tertiary/aromatic N) is 2. The molecule has 1 aromatic heterocycles. The molecule has 0 atom stereocenters. The van der Waals surface area contributed by atoms with Crippen molar-refractivity contribution >= 4 is 45.3 Å². The maximum atomic E-state index is 13.5. The van der Waals surface area contributed by atoms with Crippen molar-refractivity contribution < 1.29 is 23.9 Å².